The molecule has 8 nitrogen and oxygen atoms in total. The van der Waals surface area contributed by atoms with Crippen molar-refractivity contribution in [2.45, 2.75) is 13.8 Å². The van der Waals surface area contributed by atoms with E-state index in [9.17, 15) is 0 Å². The van der Waals surface area contributed by atoms with Crippen LogP contribution in [0.5, 0.6) is 0 Å². The summed E-state index contributed by atoms with van der Waals surface area (Å²) in [5.41, 5.74) is 0. The van der Waals surface area contributed by atoms with Gasteiger partial charge in [0.25, 0.3) is 0 Å². The number of anilines is 2. The molecule has 0 saturated heterocycles. The van der Waals surface area contributed by atoms with Gasteiger partial charge in [-0.15, -0.1) is 0 Å². The summed E-state index contributed by atoms with van der Waals surface area (Å²) in [6.07, 6.45) is 5.08. The second-order valence-electron chi connectivity index (χ2n) is 4.06. The van der Waals surface area contributed by atoms with Crippen LogP contribution in [-0.2, 0) is 0 Å². The van der Waals surface area contributed by atoms with E-state index in [2.05, 4.69) is 25.3 Å². The number of nitrogens with zero attached hydrogens (tertiary/aromatic N) is 6. The lowest BCUT2D eigenvalue weighted by molar-refractivity contribution is 0.301. The number of likely N-dealkylation sites (N-methyl/N-ethyl adjacent to an activating group) is 1. The van der Waals surface area contributed by atoms with Gasteiger partial charge in [0.1, 0.15) is 6.33 Å². The van der Waals surface area contributed by atoms with E-state index in [1.165, 1.54) is 0 Å². The summed E-state index contributed by atoms with van der Waals surface area (Å²) in [5, 5.41) is 12.2. The molecule has 0 saturated carbocycles. The SMILES string of the molecule is CCNc1nc(N(CC)CCO)nc(-n2ccnc2)n1. The van der Waals surface area contributed by atoms with Crippen molar-refractivity contribution in [1.29, 1.82) is 0 Å². The van der Waals surface area contributed by atoms with Gasteiger partial charge in [0.05, 0.1) is 6.61 Å². The van der Waals surface area contributed by atoms with Crippen LogP contribution in [0.2, 0.25) is 0 Å². The Bertz CT molecular complexity index is 529. The highest BCUT2D eigenvalue weighted by atomic mass is 16.3. The Morgan fingerprint density at radius 2 is 2.15 bits per heavy atom. The first-order valence-electron chi connectivity index (χ1n) is 6.62. The molecule has 0 atom stereocenters. The van der Waals surface area contributed by atoms with Gasteiger partial charge in [-0.25, -0.2) is 4.98 Å². The van der Waals surface area contributed by atoms with Gasteiger partial charge in [0.2, 0.25) is 17.8 Å². The minimum absolute atomic E-state index is 0.0521. The van der Waals surface area contributed by atoms with E-state index in [1.54, 1.807) is 23.3 Å². The minimum atomic E-state index is 0.0521. The Morgan fingerprint density at radius 1 is 1.30 bits per heavy atom. The van der Waals surface area contributed by atoms with E-state index < -0.39 is 0 Å². The van der Waals surface area contributed by atoms with Crippen molar-refractivity contribution in [3.05, 3.63) is 18.7 Å². The maximum Gasteiger partial charge on any atom is 0.241 e. The lowest BCUT2D eigenvalue weighted by atomic mass is 10.5. The third-order valence-corrected chi connectivity index (χ3v) is 2.72. The topological polar surface area (TPSA) is 92.0 Å². The normalized spacial score (nSPS) is 10.6. The molecule has 2 aromatic rings. The molecule has 108 valence electrons. The van der Waals surface area contributed by atoms with Gasteiger partial charge < -0.3 is 15.3 Å². The second kappa shape index (κ2) is 6.80. The number of imidazole rings is 1. The van der Waals surface area contributed by atoms with Crippen molar-refractivity contribution in [2.24, 2.45) is 0 Å². The van der Waals surface area contributed by atoms with Crippen molar-refractivity contribution in [3.8, 4) is 5.95 Å². The van der Waals surface area contributed by atoms with Crippen molar-refractivity contribution < 1.29 is 5.11 Å². The van der Waals surface area contributed by atoms with Crippen molar-refractivity contribution in [2.75, 3.05) is 36.5 Å². The molecule has 2 rings (SSSR count). The van der Waals surface area contributed by atoms with Crippen LogP contribution in [0.3, 0.4) is 0 Å². The number of nitrogens with one attached hydrogen (secondary N) is 1. The average molecular weight is 277 g/mol. The van der Waals surface area contributed by atoms with Crippen molar-refractivity contribution in [3.63, 3.8) is 0 Å². The zero-order chi connectivity index (χ0) is 14.4. The van der Waals surface area contributed by atoms with Crippen LogP contribution in [0.25, 0.3) is 5.95 Å². The first-order chi connectivity index (χ1) is 9.78. The van der Waals surface area contributed by atoms with Crippen LogP contribution in [0.1, 0.15) is 13.8 Å². The summed E-state index contributed by atoms with van der Waals surface area (Å²) >= 11 is 0. The van der Waals surface area contributed by atoms with E-state index >= 15 is 0 Å². The smallest absolute Gasteiger partial charge is 0.241 e. The third-order valence-electron chi connectivity index (χ3n) is 2.72. The van der Waals surface area contributed by atoms with Crippen LogP contribution in [0, 0.1) is 0 Å². The molecule has 2 aromatic heterocycles. The molecule has 2 N–H and O–H groups in total. The minimum Gasteiger partial charge on any atom is -0.395 e. The van der Waals surface area contributed by atoms with Gasteiger partial charge in [0.15, 0.2) is 0 Å². The zero-order valence-electron chi connectivity index (χ0n) is 11.7. The summed E-state index contributed by atoms with van der Waals surface area (Å²) in [7, 11) is 0. The van der Waals surface area contributed by atoms with Gasteiger partial charge in [-0.1, -0.05) is 0 Å². The number of hydrogen-bond donors (Lipinski definition) is 2. The van der Waals surface area contributed by atoms with Crippen LogP contribution in [0.15, 0.2) is 18.7 Å². The molecule has 0 fully saturated rings. The molecule has 0 aromatic carbocycles. The first-order valence-corrected chi connectivity index (χ1v) is 6.62. The maximum atomic E-state index is 9.11. The maximum absolute atomic E-state index is 9.11. The quantitative estimate of drug-likeness (QED) is 0.752. The zero-order valence-corrected chi connectivity index (χ0v) is 11.7. The lowest BCUT2D eigenvalue weighted by Crippen LogP contribution is -2.29. The number of aromatic nitrogens is 5. The highest BCUT2D eigenvalue weighted by Crippen LogP contribution is 2.13. The predicted octanol–water partition coefficient (Wildman–Crippen LogP) is 0.308. The summed E-state index contributed by atoms with van der Waals surface area (Å²) in [4.78, 5) is 19.0. The summed E-state index contributed by atoms with van der Waals surface area (Å²) < 4.78 is 1.72. The fourth-order valence-corrected chi connectivity index (χ4v) is 1.75. The van der Waals surface area contributed by atoms with Gasteiger partial charge in [-0.05, 0) is 13.8 Å². The number of hydrogen-bond acceptors (Lipinski definition) is 7. The molecule has 0 spiro atoms. The monoisotopic (exact) mass is 277 g/mol. The van der Waals surface area contributed by atoms with E-state index in [0.29, 0.717) is 30.9 Å². The fourth-order valence-electron chi connectivity index (χ4n) is 1.75. The average Bonchev–Trinajstić information content (AvgIpc) is 2.99. The number of rotatable bonds is 7. The summed E-state index contributed by atoms with van der Waals surface area (Å²) in [6.45, 7) is 5.93. The second-order valence-corrected chi connectivity index (χ2v) is 4.06. The van der Waals surface area contributed by atoms with Crippen LogP contribution in [0.4, 0.5) is 11.9 Å². The molecule has 0 unspecified atom stereocenters. The molecule has 8 heteroatoms. The van der Waals surface area contributed by atoms with Gasteiger partial charge in [-0.3, -0.25) is 4.57 Å². The Balaban J connectivity index is 2.40. The van der Waals surface area contributed by atoms with Gasteiger partial charge in [-0.2, -0.15) is 15.0 Å². The van der Waals surface area contributed by atoms with Crippen molar-refractivity contribution >= 4 is 11.9 Å². The number of aliphatic hydroxyl groups excluding tert-OH is 1. The Kier molecular flexibility index (Phi) is 4.83. The molecular weight excluding hydrogens is 258 g/mol. The summed E-state index contributed by atoms with van der Waals surface area (Å²) in [6, 6.07) is 0. The van der Waals surface area contributed by atoms with E-state index in [-0.39, 0.29) is 6.61 Å². The fraction of sp³-hybridized carbons (Fsp3) is 0.500. The first kappa shape index (κ1) is 14.2. The van der Waals surface area contributed by atoms with Crippen LogP contribution >= 0.6 is 0 Å². The molecule has 0 aliphatic rings. The molecule has 0 aliphatic carbocycles. The standard InChI is InChI=1S/C12H19N7O/c1-3-14-10-15-11(18(4-2)7-8-20)17-12(16-10)19-6-5-13-9-19/h5-6,9,20H,3-4,7-8H2,1-2H3,(H,14,15,16,17). The molecule has 0 radical (unpaired) electrons. The molecule has 0 amide bonds. The molecule has 20 heavy (non-hydrogen) atoms. The molecular formula is C12H19N7O. The summed E-state index contributed by atoms with van der Waals surface area (Å²) in [5.74, 6) is 1.55. The molecule has 0 bridgehead atoms. The van der Waals surface area contributed by atoms with Crippen LogP contribution < -0.4 is 10.2 Å². The Morgan fingerprint density at radius 3 is 2.75 bits per heavy atom. The van der Waals surface area contributed by atoms with Crippen LogP contribution in [-0.4, -0.2) is 55.9 Å². The highest BCUT2D eigenvalue weighted by Gasteiger charge is 2.12. The Hall–Kier alpha value is -2.22. The Labute approximate surface area is 117 Å². The van der Waals surface area contributed by atoms with E-state index in [0.717, 1.165) is 6.54 Å². The number of aliphatic hydroxyl groups is 1. The highest BCUT2D eigenvalue weighted by molar-refractivity contribution is 5.40. The van der Waals surface area contributed by atoms with Gasteiger partial charge in [0, 0.05) is 32.0 Å². The van der Waals surface area contributed by atoms with Crippen molar-refractivity contribution in [1.82, 2.24) is 24.5 Å². The largest absolute Gasteiger partial charge is 0.395 e. The molecule has 0 aliphatic heterocycles. The van der Waals surface area contributed by atoms with E-state index in [1.807, 2.05) is 18.7 Å². The lowest BCUT2D eigenvalue weighted by Gasteiger charge is -2.20. The van der Waals surface area contributed by atoms with E-state index in [4.69, 9.17) is 5.11 Å². The molecule has 2 heterocycles. The third kappa shape index (κ3) is 3.21. The van der Waals surface area contributed by atoms with Gasteiger partial charge >= 0.3 is 0 Å². The predicted molar refractivity (Wildman–Crippen MR) is 76.1 cm³/mol.